The molecule has 7 nitrogen and oxygen atoms in total. The number of esters is 1. The van der Waals surface area contributed by atoms with Crippen LogP contribution in [0.2, 0.25) is 0 Å². The molecule has 0 saturated heterocycles. The number of aryl methyl sites for hydroxylation is 1. The largest absolute Gasteiger partial charge is 0.456 e. The summed E-state index contributed by atoms with van der Waals surface area (Å²) in [5.41, 5.74) is 0.672. The Balaban J connectivity index is 2.07. The topological polar surface area (TPSA) is 98.5 Å². The lowest BCUT2D eigenvalue weighted by Crippen LogP contribution is -2.45. The van der Waals surface area contributed by atoms with Crippen LogP contribution in [0.1, 0.15) is 25.3 Å². The molecule has 0 bridgehead atoms. The van der Waals surface area contributed by atoms with Crippen LogP contribution in [0.5, 0.6) is 0 Å². The monoisotopic (exact) mass is 352 g/mol. The Hall–Kier alpha value is -2.19. The number of hydrogen-bond acceptors (Lipinski definition) is 6. The minimum atomic E-state index is -3.81. The van der Waals surface area contributed by atoms with Gasteiger partial charge in [-0.25, -0.2) is 8.42 Å². The number of benzene rings is 1. The molecule has 1 aromatic carbocycles. The fraction of sp³-hybridized carbons (Fsp3) is 0.375. The summed E-state index contributed by atoms with van der Waals surface area (Å²) in [5.74, 6) is -0.555. The second-order valence-corrected chi connectivity index (χ2v) is 7.41. The normalized spacial score (nSPS) is 13.0. The number of nitrogens with one attached hydrogen (secondary N) is 1. The van der Waals surface area contributed by atoms with Crippen molar-refractivity contribution in [3.63, 3.8) is 0 Å². The van der Waals surface area contributed by atoms with Crippen molar-refractivity contribution in [1.29, 1.82) is 0 Å². The van der Waals surface area contributed by atoms with E-state index >= 15 is 0 Å². The highest BCUT2D eigenvalue weighted by Crippen LogP contribution is 2.13. The first-order valence-electron chi connectivity index (χ1n) is 7.46. The van der Waals surface area contributed by atoms with Crippen LogP contribution in [0.3, 0.4) is 0 Å². The third-order valence-electron chi connectivity index (χ3n) is 3.29. The maximum absolute atomic E-state index is 12.4. The van der Waals surface area contributed by atoms with E-state index in [1.54, 1.807) is 45.0 Å². The number of carbonyl (C=O) groups excluding carboxylic acids is 1. The molecule has 1 heterocycles. The first-order valence-corrected chi connectivity index (χ1v) is 8.94. The van der Waals surface area contributed by atoms with E-state index in [1.165, 1.54) is 12.1 Å². The van der Waals surface area contributed by atoms with Gasteiger partial charge in [-0.15, -0.1) is 0 Å². The van der Waals surface area contributed by atoms with Crippen LogP contribution in [0, 0.1) is 12.8 Å². The molecule has 0 aliphatic carbocycles. The second kappa shape index (κ2) is 7.59. The van der Waals surface area contributed by atoms with Crippen LogP contribution in [0.25, 0.3) is 0 Å². The van der Waals surface area contributed by atoms with E-state index in [-0.39, 0.29) is 17.4 Å². The number of hydrogen-bond donors (Lipinski definition) is 1. The van der Waals surface area contributed by atoms with Crippen LogP contribution >= 0.6 is 0 Å². The van der Waals surface area contributed by atoms with Crippen molar-refractivity contribution in [1.82, 2.24) is 9.88 Å². The Morgan fingerprint density at radius 3 is 2.50 bits per heavy atom. The van der Waals surface area contributed by atoms with Gasteiger partial charge >= 0.3 is 5.97 Å². The van der Waals surface area contributed by atoms with Gasteiger partial charge in [-0.3, -0.25) is 4.79 Å². The number of aromatic nitrogens is 1. The molecule has 2 aromatic rings. The fourth-order valence-electron chi connectivity index (χ4n) is 2.01. The predicted molar refractivity (Wildman–Crippen MR) is 86.4 cm³/mol. The van der Waals surface area contributed by atoms with Gasteiger partial charge in [-0.05, 0) is 25.0 Å². The maximum atomic E-state index is 12.4. The van der Waals surface area contributed by atoms with E-state index in [0.29, 0.717) is 11.5 Å². The maximum Gasteiger partial charge on any atom is 0.324 e. The zero-order valence-corrected chi connectivity index (χ0v) is 14.5. The lowest BCUT2D eigenvalue weighted by molar-refractivity contribution is -0.148. The van der Waals surface area contributed by atoms with E-state index in [1.807, 2.05) is 0 Å². The molecule has 0 radical (unpaired) electrons. The van der Waals surface area contributed by atoms with E-state index in [4.69, 9.17) is 9.26 Å². The summed E-state index contributed by atoms with van der Waals surface area (Å²) < 4.78 is 37.3. The van der Waals surface area contributed by atoms with Crippen LogP contribution in [-0.2, 0) is 26.2 Å². The summed E-state index contributed by atoms with van der Waals surface area (Å²) in [6.45, 7) is 5.12. The third kappa shape index (κ3) is 4.65. The minimum absolute atomic E-state index is 0.0920. The van der Waals surface area contributed by atoms with E-state index in [2.05, 4.69) is 9.88 Å². The average molecular weight is 352 g/mol. The molecule has 130 valence electrons. The van der Waals surface area contributed by atoms with Gasteiger partial charge in [0.05, 0.1) is 10.6 Å². The molecule has 2 rings (SSSR count). The molecule has 0 aliphatic rings. The van der Waals surface area contributed by atoms with Crippen LogP contribution in [0.4, 0.5) is 0 Å². The number of ether oxygens (including phenoxy) is 1. The Labute approximate surface area is 141 Å². The Morgan fingerprint density at radius 2 is 1.96 bits per heavy atom. The van der Waals surface area contributed by atoms with Gasteiger partial charge in [0.2, 0.25) is 10.0 Å². The van der Waals surface area contributed by atoms with Gasteiger partial charge in [0.1, 0.15) is 6.04 Å². The number of rotatable bonds is 7. The molecular formula is C16H20N2O5S. The third-order valence-corrected chi connectivity index (χ3v) is 4.75. The summed E-state index contributed by atoms with van der Waals surface area (Å²) in [4.78, 5) is 12.4. The van der Waals surface area contributed by atoms with E-state index in [0.717, 1.165) is 0 Å². The first-order chi connectivity index (χ1) is 11.3. The summed E-state index contributed by atoms with van der Waals surface area (Å²) in [5, 5.41) is 3.70. The van der Waals surface area contributed by atoms with Crippen molar-refractivity contribution in [2.45, 2.75) is 38.3 Å². The Morgan fingerprint density at radius 1 is 1.29 bits per heavy atom. The number of sulfonamides is 1. The molecule has 1 atom stereocenters. The number of nitrogens with zero attached hydrogens (tertiary/aromatic N) is 1. The summed E-state index contributed by atoms with van der Waals surface area (Å²) in [7, 11) is -3.81. The predicted octanol–water partition coefficient (Wildman–Crippen LogP) is 2.03. The van der Waals surface area contributed by atoms with Crippen LogP contribution < -0.4 is 4.72 Å². The summed E-state index contributed by atoms with van der Waals surface area (Å²) >= 11 is 0. The molecule has 0 fully saturated rings. The molecule has 0 amide bonds. The lowest BCUT2D eigenvalue weighted by atomic mass is 10.1. The van der Waals surface area contributed by atoms with Crippen molar-refractivity contribution in [3.05, 3.63) is 47.9 Å². The summed E-state index contributed by atoms with van der Waals surface area (Å²) in [6, 6.07) is 8.51. The van der Waals surface area contributed by atoms with Gasteiger partial charge < -0.3 is 9.26 Å². The highest BCUT2D eigenvalue weighted by molar-refractivity contribution is 7.89. The highest BCUT2D eigenvalue weighted by Gasteiger charge is 2.29. The zero-order valence-electron chi connectivity index (χ0n) is 13.7. The first kappa shape index (κ1) is 18.2. The SMILES string of the molecule is Cc1cc(COC(=O)[C@@H](NS(=O)(=O)c2ccccc2)C(C)C)on1. The molecule has 1 N–H and O–H groups in total. The summed E-state index contributed by atoms with van der Waals surface area (Å²) in [6.07, 6.45) is 0. The van der Waals surface area contributed by atoms with Crippen LogP contribution in [-0.4, -0.2) is 25.6 Å². The van der Waals surface area contributed by atoms with Crippen molar-refractivity contribution >= 4 is 16.0 Å². The highest BCUT2D eigenvalue weighted by atomic mass is 32.2. The number of carbonyl (C=O) groups is 1. The van der Waals surface area contributed by atoms with Crippen LogP contribution in [0.15, 0.2) is 45.8 Å². The fourth-order valence-corrected chi connectivity index (χ4v) is 3.36. The molecule has 0 saturated carbocycles. The van der Waals surface area contributed by atoms with Crippen molar-refractivity contribution < 1.29 is 22.5 Å². The van der Waals surface area contributed by atoms with E-state index < -0.39 is 22.0 Å². The Bertz CT molecular complexity index is 784. The molecule has 24 heavy (non-hydrogen) atoms. The molecule has 0 spiro atoms. The quantitative estimate of drug-likeness (QED) is 0.766. The second-order valence-electron chi connectivity index (χ2n) is 5.70. The van der Waals surface area contributed by atoms with E-state index in [9.17, 15) is 13.2 Å². The van der Waals surface area contributed by atoms with Crippen molar-refractivity contribution in [2.75, 3.05) is 0 Å². The average Bonchev–Trinajstić information content (AvgIpc) is 2.96. The molecule has 0 aliphatic heterocycles. The van der Waals surface area contributed by atoms with Gasteiger partial charge in [-0.2, -0.15) is 4.72 Å². The standard InChI is InChI=1S/C16H20N2O5S/c1-11(2)15(16(19)22-10-13-9-12(3)17-23-13)18-24(20,21)14-7-5-4-6-8-14/h4-9,11,15,18H,10H2,1-3H3/t15-/m0/s1. The molecule has 0 unspecified atom stereocenters. The Kier molecular flexibility index (Phi) is 5.74. The molecular weight excluding hydrogens is 332 g/mol. The molecule has 8 heteroatoms. The van der Waals surface area contributed by atoms with Crippen molar-refractivity contribution in [3.8, 4) is 0 Å². The van der Waals surface area contributed by atoms with Gasteiger partial charge in [0.15, 0.2) is 12.4 Å². The molecule has 1 aromatic heterocycles. The smallest absolute Gasteiger partial charge is 0.324 e. The lowest BCUT2D eigenvalue weighted by Gasteiger charge is -2.20. The minimum Gasteiger partial charge on any atom is -0.456 e. The van der Waals surface area contributed by atoms with Gasteiger partial charge in [0.25, 0.3) is 0 Å². The van der Waals surface area contributed by atoms with Crippen molar-refractivity contribution in [2.24, 2.45) is 5.92 Å². The van der Waals surface area contributed by atoms with Gasteiger partial charge in [0, 0.05) is 6.07 Å². The van der Waals surface area contributed by atoms with Gasteiger partial charge in [-0.1, -0.05) is 37.2 Å². The zero-order chi connectivity index (χ0) is 17.7.